The largest absolute Gasteiger partial charge is 0.395 e. The molecular weight excluding hydrogens is 246 g/mol. The van der Waals surface area contributed by atoms with Crippen molar-refractivity contribution in [3.63, 3.8) is 0 Å². The Balaban J connectivity index is 2.53. The smallest absolute Gasteiger partial charge is 0.223 e. The quantitative estimate of drug-likeness (QED) is 0.788. The molecule has 0 aliphatic rings. The molecule has 18 heavy (non-hydrogen) atoms. The second kappa shape index (κ2) is 8.27. The van der Waals surface area contributed by atoms with Gasteiger partial charge in [-0.2, -0.15) is 0 Å². The molecule has 0 spiro atoms. The Morgan fingerprint density at radius 2 is 2.17 bits per heavy atom. The third kappa shape index (κ3) is 4.42. The molecule has 0 bridgehead atoms. The summed E-state index contributed by atoms with van der Waals surface area (Å²) >= 11 is 1.69. The lowest BCUT2D eigenvalue weighted by Crippen LogP contribution is -2.41. The fourth-order valence-corrected chi connectivity index (χ4v) is 2.89. The molecule has 0 aliphatic heterocycles. The number of nitrogens with zero attached hydrogens (tertiary/aromatic N) is 1. The molecule has 0 fully saturated rings. The molecule has 0 aromatic carbocycles. The first-order chi connectivity index (χ1) is 8.72. The van der Waals surface area contributed by atoms with E-state index in [4.69, 9.17) is 5.11 Å². The Morgan fingerprint density at radius 3 is 2.67 bits per heavy atom. The maximum Gasteiger partial charge on any atom is 0.223 e. The SMILES string of the molecule is CCC(CC)N(CCO)C(=O)CCc1cccs1. The summed E-state index contributed by atoms with van der Waals surface area (Å²) in [6.07, 6.45) is 3.23. The molecule has 1 aromatic rings. The summed E-state index contributed by atoms with van der Waals surface area (Å²) in [5.74, 6) is 0.158. The van der Waals surface area contributed by atoms with Gasteiger partial charge in [-0.05, 0) is 30.7 Å². The molecule has 0 unspecified atom stereocenters. The minimum atomic E-state index is 0.0429. The summed E-state index contributed by atoms with van der Waals surface area (Å²) in [4.78, 5) is 15.3. The molecule has 1 amide bonds. The van der Waals surface area contributed by atoms with Crippen LogP contribution < -0.4 is 0 Å². The second-order valence-electron chi connectivity index (χ2n) is 4.36. The number of aliphatic hydroxyl groups is 1. The van der Waals surface area contributed by atoms with E-state index in [2.05, 4.69) is 19.9 Å². The van der Waals surface area contributed by atoms with Crippen LogP contribution in [0.4, 0.5) is 0 Å². The maximum atomic E-state index is 12.2. The van der Waals surface area contributed by atoms with Gasteiger partial charge in [0, 0.05) is 23.9 Å². The van der Waals surface area contributed by atoms with Crippen molar-refractivity contribution in [1.29, 1.82) is 0 Å². The highest BCUT2D eigenvalue weighted by Gasteiger charge is 2.20. The number of carbonyl (C=O) groups is 1. The van der Waals surface area contributed by atoms with Gasteiger partial charge in [0.25, 0.3) is 0 Å². The first-order valence-corrected chi connectivity index (χ1v) is 7.53. The van der Waals surface area contributed by atoms with Crippen molar-refractivity contribution < 1.29 is 9.90 Å². The molecular formula is C14H23NO2S. The molecule has 3 nitrogen and oxygen atoms in total. The lowest BCUT2D eigenvalue weighted by Gasteiger charge is -2.30. The molecule has 1 rings (SSSR count). The average molecular weight is 269 g/mol. The first-order valence-electron chi connectivity index (χ1n) is 6.65. The van der Waals surface area contributed by atoms with Gasteiger partial charge in [-0.1, -0.05) is 19.9 Å². The molecule has 0 radical (unpaired) electrons. The number of aryl methyl sites for hydroxylation is 1. The zero-order chi connectivity index (χ0) is 13.4. The van der Waals surface area contributed by atoms with Gasteiger partial charge in [0.1, 0.15) is 0 Å². The molecule has 0 aliphatic carbocycles. The number of hydrogen-bond donors (Lipinski definition) is 1. The van der Waals surface area contributed by atoms with Crippen LogP contribution in [0.1, 0.15) is 38.0 Å². The van der Waals surface area contributed by atoms with Gasteiger partial charge in [0.2, 0.25) is 5.91 Å². The van der Waals surface area contributed by atoms with Crippen LogP contribution in [0.2, 0.25) is 0 Å². The van der Waals surface area contributed by atoms with Crippen LogP contribution in [0.5, 0.6) is 0 Å². The highest BCUT2D eigenvalue weighted by Crippen LogP contribution is 2.14. The van der Waals surface area contributed by atoms with E-state index in [1.165, 1.54) is 4.88 Å². The molecule has 1 heterocycles. The van der Waals surface area contributed by atoms with Gasteiger partial charge in [-0.15, -0.1) is 11.3 Å². The van der Waals surface area contributed by atoms with Crippen molar-refractivity contribution in [2.24, 2.45) is 0 Å². The zero-order valence-corrected chi connectivity index (χ0v) is 12.1. The zero-order valence-electron chi connectivity index (χ0n) is 11.3. The van der Waals surface area contributed by atoms with E-state index in [0.29, 0.717) is 13.0 Å². The number of amides is 1. The second-order valence-corrected chi connectivity index (χ2v) is 5.39. The van der Waals surface area contributed by atoms with Crippen LogP contribution in [0.15, 0.2) is 17.5 Å². The normalized spacial score (nSPS) is 10.9. The Hall–Kier alpha value is -0.870. The molecule has 1 N–H and O–H groups in total. The van der Waals surface area contributed by atoms with Gasteiger partial charge >= 0.3 is 0 Å². The minimum Gasteiger partial charge on any atom is -0.395 e. The maximum absolute atomic E-state index is 12.2. The van der Waals surface area contributed by atoms with Crippen LogP contribution in [-0.4, -0.2) is 35.1 Å². The van der Waals surface area contributed by atoms with Gasteiger partial charge in [0.15, 0.2) is 0 Å². The molecule has 102 valence electrons. The van der Waals surface area contributed by atoms with Crippen molar-refractivity contribution in [1.82, 2.24) is 4.90 Å². The average Bonchev–Trinajstić information content (AvgIpc) is 2.89. The van der Waals surface area contributed by atoms with E-state index in [9.17, 15) is 4.79 Å². The van der Waals surface area contributed by atoms with Crippen LogP contribution >= 0.6 is 11.3 Å². The lowest BCUT2D eigenvalue weighted by molar-refractivity contribution is -0.134. The first kappa shape index (κ1) is 15.2. The molecule has 4 heteroatoms. The lowest BCUT2D eigenvalue weighted by atomic mass is 10.1. The van der Waals surface area contributed by atoms with Gasteiger partial charge < -0.3 is 10.0 Å². The highest BCUT2D eigenvalue weighted by atomic mass is 32.1. The van der Waals surface area contributed by atoms with Crippen molar-refractivity contribution in [2.45, 2.75) is 45.6 Å². The highest BCUT2D eigenvalue weighted by molar-refractivity contribution is 7.09. The van der Waals surface area contributed by atoms with Crippen molar-refractivity contribution >= 4 is 17.2 Å². The number of carbonyl (C=O) groups excluding carboxylic acids is 1. The fraction of sp³-hybridized carbons (Fsp3) is 0.643. The summed E-state index contributed by atoms with van der Waals surface area (Å²) in [6, 6.07) is 4.33. The summed E-state index contributed by atoms with van der Waals surface area (Å²) in [5, 5.41) is 11.1. The van der Waals surface area contributed by atoms with Gasteiger partial charge in [-0.3, -0.25) is 4.79 Å². The van der Waals surface area contributed by atoms with Crippen LogP contribution in [-0.2, 0) is 11.2 Å². The number of hydrogen-bond acceptors (Lipinski definition) is 3. The molecule has 0 saturated heterocycles. The fourth-order valence-electron chi connectivity index (χ4n) is 2.18. The monoisotopic (exact) mass is 269 g/mol. The van der Waals surface area contributed by atoms with E-state index in [0.717, 1.165) is 19.3 Å². The Morgan fingerprint density at radius 1 is 1.44 bits per heavy atom. The minimum absolute atomic E-state index is 0.0429. The van der Waals surface area contributed by atoms with E-state index >= 15 is 0 Å². The number of rotatable bonds is 8. The molecule has 0 atom stereocenters. The Bertz CT molecular complexity index is 334. The Kier molecular flexibility index (Phi) is 6.98. The number of thiophene rings is 1. The molecule has 0 saturated carbocycles. The summed E-state index contributed by atoms with van der Waals surface area (Å²) in [7, 11) is 0. The van der Waals surface area contributed by atoms with Crippen molar-refractivity contribution in [3.05, 3.63) is 22.4 Å². The summed E-state index contributed by atoms with van der Waals surface area (Å²) in [6.45, 7) is 4.67. The van der Waals surface area contributed by atoms with Crippen LogP contribution in [0, 0.1) is 0 Å². The third-order valence-electron chi connectivity index (χ3n) is 3.21. The van der Waals surface area contributed by atoms with E-state index in [-0.39, 0.29) is 18.6 Å². The van der Waals surface area contributed by atoms with E-state index < -0.39 is 0 Å². The molecule has 1 aromatic heterocycles. The summed E-state index contributed by atoms with van der Waals surface area (Å²) in [5.41, 5.74) is 0. The van der Waals surface area contributed by atoms with Crippen molar-refractivity contribution in [3.8, 4) is 0 Å². The van der Waals surface area contributed by atoms with Gasteiger partial charge in [0.05, 0.1) is 6.61 Å². The third-order valence-corrected chi connectivity index (χ3v) is 4.15. The predicted octanol–water partition coefficient (Wildman–Crippen LogP) is 2.69. The van der Waals surface area contributed by atoms with E-state index in [1.807, 2.05) is 16.3 Å². The van der Waals surface area contributed by atoms with Crippen molar-refractivity contribution in [2.75, 3.05) is 13.2 Å². The predicted molar refractivity (Wildman–Crippen MR) is 75.8 cm³/mol. The summed E-state index contributed by atoms with van der Waals surface area (Å²) < 4.78 is 0. The van der Waals surface area contributed by atoms with Crippen LogP contribution in [0.25, 0.3) is 0 Å². The standard InChI is InChI=1S/C14H23NO2S/c1-3-12(4-2)15(9-10-16)14(17)8-7-13-6-5-11-18-13/h5-6,11-12,16H,3-4,7-10H2,1-2H3. The van der Waals surface area contributed by atoms with Crippen LogP contribution in [0.3, 0.4) is 0 Å². The van der Waals surface area contributed by atoms with Gasteiger partial charge in [-0.25, -0.2) is 0 Å². The number of aliphatic hydroxyl groups excluding tert-OH is 1. The van der Waals surface area contributed by atoms with E-state index in [1.54, 1.807) is 11.3 Å². The topological polar surface area (TPSA) is 40.5 Å². The Labute approximate surface area is 113 Å².